The van der Waals surface area contributed by atoms with Crippen LogP contribution in [-0.4, -0.2) is 48.4 Å². The zero-order chi connectivity index (χ0) is 13.1. The SMILES string of the molecule is O=C(c1cccnc1)N1CCC(C2OCCO2)CC1. The van der Waals surface area contributed by atoms with E-state index in [9.17, 15) is 4.79 Å². The Morgan fingerprint density at radius 3 is 2.63 bits per heavy atom. The molecule has 2 aliphatic heterocycles. The molecule has 1 aromatic rings. The maximum absolute atomic E-state index is 12.3. The smallest absolute Gasteiger partial charge is 0.255 e. The molecule has 2 aliphatic rings. The standard InChI is InChI=1S/C14H18N2O3/c17-13(12-2-1-5-15-10-12)16-6-3-11(4-7-16)14-18-8-9-19-14/h1-2,5,10-11,14H,3-4,6-9H2. The third-order valence-electron chi connectivity index (χ3n) is 3.77. The van der Waals surface area contributed by atoms with Crippen molar-refractivity contribution >= 4 is 5.91 Å². The molecule has 1 aromatic heterocycles. The Labute approximate surface area is 112 Å². The highest BCUT2D eigenvalue weighted by molar-refractivity contribution is 5.93. The summed E-state index contributed by atoms with van der Waals surface area (Å²) in [5, 5.41) is 0. The van der Waals surface area contributed by atoms with Crippen molar-refractivity contribution in [1.29, 1.82) is 0 Å². The molecule has 5 heteroatoms. The molecule has 5 nitrogen and oxygen atoms in total. The van der Waals surface area contributed by atoms with Gasteiger partial charge < -0.3 is 14.4 Å². The third-order valence-corrected chi connectivity index (χ3v) is 3.77. The van der Waals surface area contributed by atoms with Gasteiger partial charge in [0.25, 0.3) is 5.91 Å². The molecule has 0 radical (unpaired) electrons. The fraction of sp³-hybridized carbons (Fsp3) is 0.571. The number of ether oxygens (including phenoxy) is 2. The van der Waals surface area contributed by atoms with Crippen LogP contribution >= 0.6 is 0 Å². The predicted molar refractivity (Wildman–Crippen MR) is 68.6 cm³/mol. The second kappa shape index (κ2) is 5.67. The van der Waals surface area contributed by atoms with Gasteiger partial charge in [-0.05, 0) is 25.0 Å². The van der Waals surface area contributed by atoms with Crippen LogP contribution in [0.4, 0.5) is 0 Å². The first kappa shape index (κ1) is 12.6. The third kappa shape index (κ3) is 2.77. The maximum atomic E-state index is 12.3. The number of carbonyl (C=O) groups is 1. The molecule has 3 heterocycles. The summed E-state index contributed by atoms with van der Waals surface area (Å²) in [5.41, 5.74) is 0.661. The first-order valence-corrected chi connectivity index (χ1v) is 6.77. The predicted octanol–water partition coefficient (Wildman–Crippen LogP) is 1.31. The minimum absolute atomic E-state index is 0.0596. The van der Waals surface area contributed by atoms with Crippen LogP contribution in [0.1, 0.15) is 23.2 Å². The average Bonchev–Trinajstić information content (AvgIpc) is 3.02. The van der Waals surface area contributed by atoms with Gasteiger partial charge in [0.05, 0.1) is 18.8 Å². The lowest BCUT2D eigenvalue weighted by molar-refractivity contribution is -0.0956. The summed E-state index contributed by atoms with van der Waals surface area (Å²) in [5.74, 6) is 0.486. The average molecular weight is 262 g/mol. The zero-order valence-corrected chi connectivity index (χ0v) is 10.8. The van der Waals surface area contributed by atoms with Crippen molar-refractivity contribution in [3.63, 3.8) is 0 Å². The summed E-state index contributed by atoms with van der Waals surface area (Å²) in [7, 11) is 0. The van der Waals surface area contributed by atoms with E-state index in [1.54, 1.807) is 18.5 Å². The second-order valence-electron chi connectivity index (χ2n) is 4.98. The highest BCUT2D eigenvalue weighted by atomic mass is 16.7. The number of rotatable bonds is 2. The summed E-state index contributed by atoms with van der Waals surface area (Å²) < 4.78 is 11.1. The summed E-state index contributed by atoms with van der Waals surface area (Å²) in [4.78, 5) is 18.1. The molecule has 0 N–H and O–H groups in total. The van der Waals surface area contributed by atoms with Gasteiger partial charge in [0, 0.05) is 31.4 Å². The van der Waals surface area contributed by atoms with Crippen molar-refractivity contribution in [3.8, 4) is 0 Å². The fourth-order valence-electron chi connectivity index (χ4n) is 2.70. The first-order chi connectivity index (χ1) is 9.34. The molecule has 0 aromatic carbocycles. The van der Waals surface area contributed by atoms with E-state index in [1.807, 2.05) is 11.0 Å². The number of piperidine rings is 1. The van der Waals surface area contributed by atoms with Gasteiger partial charge in [-0.2, -0.15) is 0 Å². The topological polar surface area (TPSA) is 51.7 Å². The lowest BCUT2D eigenvalue weighted by Crippen LogP contribution is -2.41. The van der Waals surface area contributed by atoms with Crippen molar-refractivity contribution < 1.29 is 14.3 Å². The largest absolute Gasteiger partial charge is 0.350 e. The number of hydrogen-bond donors (Lipinski definition) is 0. The van der Waals surface area contributed by atoms with E-state index in [0.717, 1.165) is 25.9 Å². The van der Waals surface area contributed by atoms with Crippen molar-refractivity contribution in [1.82, 2.24) is 9.88 Å². The number of pyridine rings is 1. The van der Waals surface area contributed by atoms with Gasteiger partial charge in [0.2, 0.25) is 0 Å². The minimum atomic E-state index is -0.0596. The number of amides is 1. The number of carbonyl (C=O) groups excluding carboxylic acids is 1. The zero-order valence-electron chi connectivity index (χ0n) is 10.8. The molecule has 1 amide bonds. The Morgan fingerprint density at radius 1 is 1.26 bits per heavy atom. The van der Waals surface area contributed by atoms with Crippen LogP contribution in [0.5, 0.6) is 0 Å². The Hall–Kier alpha value is -1.46. The highest BCUT2D eigenvalue weighted by Gasteiger charge is 2.31. The first-order valence-electron chi connectivity index (χ1n) is 6.77. The van der Waals surface area contributed by atoms with Gasteiger partial charge in [0.1, 0.15) is 0 Å². The van der Waals surface area contributed by atoms with Crippen LogP contribution in [0.25, 0.3) is 0 Å². The summed E-state index contributed by atoms with van der Waals surface area (Å²) >= 11 is 0. The molecule has 3 rings (SSSR count). The summed E-state index contributed by atoms with van der Waals surface area (Å²) in [6.45, 7) is 2.92. The van der Waals surface area contributed by atoms with Crippen LogP contribution < -0.4 is 0 Å². The molecule has 0 saturated carbocycles. The van der Waals surface area contributed by atoms with Crippen LogP contribution in [0, 0.1) is 5.92 Å². The molecule has 2 saturated heterocycles. The van der Waals surface area contributed by atoms with E-state index in [0.29, 0.717) is 24.7 Å². The van der Waals surface area contributed by atoms with E-state index in [-0.39, 0.29) is 12.2 Å². The van der Waals surface area contributed by atoms with Crippen LogP contribution in [0.3, 0.4) is 0 Å². The number of likely N-dealkylation sites (tertiary alicyclic amines) is 1. The molecule has 19 heavy (non-hydrogen) atoms. The Balaban J connectivity index is 1.56. The monoisotopic (exact) mass is 262 g/mol. The lowest BCUT2D eigenvalue weighted by atomic mass is 9.96. The Bertz CT molecular complexity index is 424. The van der Waals surface area contributed by atoms with E-state index >= 15 is 0 Å². The van der Waals surface area contributed by atoms with E-state index in [2.05, 4.69) is 4.98 Å². The van der Waals surface area contributed by atoms with Crippen LogP contribution in [0.15, 0.2) is 24.5 Å². The summed E-state index contributed by atoms with van der Waals surface area (Å²) in [6, 6.07) is 3.60. The normalized spacial score (nSPS) is 21.8. The molecule has 0 atom stereocenters. The Kier molecular flexibility index (Phi) is 3.75. The second-order valence-corrected chi connectivity index (χ2v) is 4.98. The van der Waals surface area contributed by atoms with Gasteiger partial charge >= 0.3 is 0 Å². The van der Waals surface area contributed by atoms with E-state index in [4.69, 9.17) is 9.47 Å². The number of nitrogens with zero attached hydrogens (tertiary/aromatic N) is 2. The summed E-state index contributed by atoms with van der Waals surface area (Å²) in [6.07, 6.45) is 5.12. The van der Waals surface area contributed by atoms with Gasteiger partial charge in [-0.15, -0.1) is 0 Å². The molecule has 2 fully saturated rings. The van der Waals surface area contributed by atoms with Gasteiger partial charge in [-0.3, -0.25) is 9.78 Å². The molecular weight excluding hydrogens is 244 g/mol. The number of aromatic nitrogens is 1. The Morgan fingerprint density at radius 2 is 2.00 bits per heavy atom. The van der Waals surface area contributed by atoms with Crippen molar-refractivity contribution in [2.45, 2.75) is 19.1 Å². The lowest BCUT2D eigenvalue weighted by Gasteiger charge is -2.33. The molecule has 0 aliphatic carbocycles. The van der Waals surface area contributed by atoms with Gasteiger partial charge in [0.15, 0.2) is 6.29 Å². The molecule has 0 unspecified atom stereocenters. The van der Waals surface area contributed by atoms with Crippen molar-refractivity contribution in [3.05, 3.63) is 30.1 Å². The fourth-order valence-corrected chi connectivity index (χ4v) is 2.70. The van der Waals surface area contributed by atoms with Crippen LogP contribution in [0.2, 0.25) is 0 Å². The van der Waals surface area contributed by atoms with E-state index < -0.39 is 0 Å². The van der Waals surface area contributed by atoms with Gasteiger partial charge in [-0.25, -0.2) is 0 Å². The maximum Gasteiger partial charge on any atom is 0.255 e. The van der Waals surface area contributed by atoms with Gasteiger partial charge in [-0.1, -0.05) is 0 Å². The quantitative estimate of drug-likeness (QED) is 0.806. The number of hydrogen-bond acceptors (Lipinski definition) is 4. The van der Waals surface area contributed by atoms with Crippen molar-refractivity contribution in [2.24, 2.45) is 5.92 Å². The van der Waals surface area contributed by atoms with Crippen molar-refractivity contribution in [2.75, 3.05) is 26.3 Å². The van der Waals surface area contributed by atoms with E-state index in [1.165, 1.54) is 0 Å². The molecular formula is C14H18N2O3. The minimum Gasteiger partial charge on any atom is -0.350 e. The molecule has 0 spiro atoms. The molecule has 102 valence electrons. The molecule has 0 bridgehead atoms. The van der Waals surface area contributed by atoms with Crippen LogP contribution in [-0.2, 0) is 9.47 Å². The highest BCUT2D eigenvalue weighted by Crippen LogP contribution is 2.26.